The molecule has 0 spiro atoms. The molecule has 0 saturated carbocycles. The molecule has 0 fully saturated rings. The number of aliphatic hydroxyl groups is 1. The number of nitrogens with zero attached hydrogens (tertiary/aromatic N) is 2. The Bertz CT molecular complexity index is 286. The molecule has 62 valence electrons. The fourth-order valence-electron chi connectivity index (χ4n) is 0.799. The lowest BCUT2D eigenvalue weighted by Crippen LogP contribution is -1.96. The van der Waals surface area contributed by atoms with Gasteiger partial charge in [-0.2, -0.15) is 0 Å². The predicted octanol–water partition coefficient (Wildman–Crippen LogP) is 0.923. The van der Waals surface area contributed by atoms with Gasteiger partial charge in [0, 0.05) is 24.4 Å². The Morgan fingerprint density at radius 1 is 1.50 bits per heavy atom. The second-order valence-electron chi connectivity index (χ2n) is 2.32. The smallest absolute Gasteiger partial charge is 0.115 e. The van der Waals surface area contributed by atoms with Crippen LogP contribution < -0.4 is 0 Å². The van der Waals surface area contributed by atoms with Crippen LogP contribution in [0.15, 0.2) is 18.7 Å². The number of rotatable bonds is 2. The second kappa shape index (κ2) is 4.47. The fourth-order valence-corrected chi connectivity index (χ4v) is 0.799. The van der Waals surface area contributed by atoms with Gasteiger partial charge in [0.25, 0.3) is 0 Å². The van der Waals surface area contributed by atoms with Crippen molar-refractivity contribution in [1.82, 2.24) is 9.97 Å². The van der Waals surface area contributed by atoms with Crippen LogP contribution in [-0.2, 0) is 0 Å². The van der Waals surface area contributed by atoms with Crippen LogP contribution in [0.3, 0.4) is 0 Å². The van der Waals surface area contributed by atoms with Gasteiger partial charge in [0.05, 0.1) is 6.10 Å². The predicted molar refractivity (Wildman–Crippen MR) is 45.1 cm³/mol. The van der Waals surface area contributed by atoms with Gasteiger partial charge in [0.15, 0.2) is 0 Å². The fraction of sp³-hybridized carbons (Fsp3) is 0.333. The zero-order chi connectivity index (χ0) is 8.81. The second-order valence-corrected chi connectivity index (χ2v) is 2.32. The number of aromatic nitrogens is 2. The molecular formula is C9H10N2O. The van der Waals surface area contributed by atoms with Crippen LogP contribution in [0.25, 0.3) is 0 Å². The minimum atomic E-state index is -0.571. The van der Waals surface area contributed by atoms with Crippen LogP contribution >= 0.6 is 0 Å². The lowest BCUT2D eigenvalue weighted by atomic mass is 10.1. The van der Waals surface area contributed by atoms with Gasteiger partial charge in [-0.25, -0.2) is 9.97 Å². The summed E-state index contributed by atoms with van der Waals surface area (Å²) in [5.74, 6) is 5.51. The SMILES string of the molecule is CC#CCC(O)c1cncnc1. The quantitative estimate of drug-likeness (QED) is 0.658. The molecule has 0 saturated heterocycles. The molecule has 0 aliphatic rings. The molecule has 0 radical (unpaired) electrons. The third-order valence-electron chi connectivity index (χ3n) is 1.44. The summed E-state index contributed by atoms with van der Waals surface area (Å²) in [5.41, 5.74) is 0.709. The standard InChI is InChI=1S/C9H10N2O/c1-2-3-4-9(12)8-5-10-7-11-6-8/h5-7,9,12H,4H2,1H3. The summed E-state index contributed by atoms with van der Waals surface area (Å²) >= 11 is 0. The van der Waals surface area contributed by atoms with E-state index in [0.29, 0.717) is 12.0 Å². The van der Waals surface area contributed by atoms with Crippen LogP contribution in [-0.4, -0.2) is 15.1 Å². The third kappa shape index (κ3) is 2.33. The highest BCUT2D eigenvalue weighted by Gasteiger charge is 2.04. The zero-order valence-corrected chi connectivity index (χ0v) is 6.86. The molecule has 1 unspecified atom stereocenters. The molecule has 0 aliphatic carbocycles. The molecule has 0 aliphatic heterocycles. The Balaban J connectivity index is 2.63. The van der Waals surface area contributed by atoms with Crippen molar-refractivity contribution in [2.75, 3.05) is 0 Å². The topological polar surface area (TPSA) is 46.0 Å². The highest BCUT2D eigenvalue weighted by Crippen LogP contribution is 2.12. The zero-order valence-electron chi connectivity index (χ0n) is 6.86. The molecule has 0 amide bonds. The van der Waals surface area contributed by atoms with Crippen LogP contribution in [0, 0.1) is 11.8 Å². The third-order valence-corrected chi connectivity index (χ3v) is 1.44. The lowest BCUT2D eigenvalue weighted by Gasteiger charge is -2.04. The van der Waals surface area contributed by atoms with Crippen molar-refractivity contribution in [1.29, 1.82) is 0 Å². The average molecular weight is 162 g/mol. The van der Waals surface area contributed by atoms with E-state index in [1.54, 1.807) is 19.3 Å². The molecular weight excluding hydrogens is 152 g/mol. The molecule has 1 atom stereocenters. The monoisotopic (exact) mass is 162 g/mol. The summed E-state index contributed by atoms with van der Waals surface area (Å²) in [4.78, 5) is 7.59. The van der Waals surface area contributed by atoms with Crippen LogP contribution in [0.2, 0.25) is 0 Å². The molecule has 0 bridgehead atoms. The Morgan fingerprint density at radius 3 is 2.75 bits per heavy atom. The maximum atomic E-state index is 9.47. The number of hydrogen-bond donors (Lipinski definition) is 1. The van der Waals surface area contributed by atoms with Crippen molar-refractivity contribution >= 4 is 0 Å². The van der Waals surface area contributed by atoms with Gasteiger partial charge >= 0.3 is 0 Å². The van der Waals surface area contributed by atoms with Crippen molar-refractivity contribution < 1.29 is 5.11 Å². The first-order chi connectivity index (χ1) is 5.84. The highest BCUT2D eigenvalue weighted by atomic mass is 16.3. The summed E-state index contributed by atoms with van der Waals surface area (Å²) in [6, 6.07) is 0. The van der Waals surface area contributed by atoms with Crippen molar-refractivity contribution in [3.05, 3.63) is 24.3 Å². The number of hydrogen-bond acceptors (Lipinski definition) is 3. The van der Waals surface area contributed by atoms with Gasteiger partial charge in [-0.05, 0) is 6.92 Å². The minimum absolute atomic E-state index is 0.434. The summed E-state index contributed by atoms with van der Waals surface area (Å²) in [5, 5.41) is 9.47. The summed E-state index contributed by atoms with van der Waals surface area (Å²) in [6.07, 6.45) is 4.48. The molecule has 3 nitrogen and oxygen atoms in total. The Hall–Kier alpha value is -1.40. The molecule has 1 aromatic rings. The molecule has 1 aromatic heterocycles. The van der Waals surface area contributed by atoms with Gasteiger partial charge in [0.1, 0.15) is 6.33 Å². The van der Waals surface area contributed by atoms with Crippen LogP contribution in [0.5, 0.6) is 0 Å². The van der Waals surface area contributed by atoms with Gasteiger partial charge in [-0.3, -0.25) is 0 Å². The molecule has 12 heavy (non-hydrogen) atoms. The van der Waals surface area contributed by atoms with Crippen molar-refractivity contribution in [3.63, 3.8) is 0 Å². The molecule has 1 heterocycles. The van der Waals surface area contributed by atoms with E-state index in [2.05, 4.69) is 21.8 Å². The molecule has 1 N–H and O–H groups in total. The van der Waals surface area contributed by atoms with E-state index < -0.39 is 6.10 Å². The van der Waals surface area contributed by atoms with Crippen molar-refractivity contribution in [2.45, 2.75) is 19.4 Å². The maximum absolute atomic E-state index is 9.47. The maximum Gasteiger partial charge on any atom is 0.115 e. The summed E-state index contributed by atoms with van der Waals surface area (Å²) in [7, 11) is 0. The van der Waals surface area contributed by atoms with E-state index in [4.69, 9.17) is 0 Å². The first kappa shape index (κ1) is 8.69. The Labute approximate surface area is 71.5 Å². The van der Waals surface area contributed by atoms with E-state index in [1.165, 1.54) is 6.33 Å². The molecule has 0 aromatic carbocycles. The first-order valence-corrected chi connectivity index (χ1v) is 3.67. The lowest BCUT2D eigenvalue weighted by molar-refractivity contribution is 0.183. The molecule has 1 rings (SSSR count). The largest absolute Gasteiger partial charge is 0.387 e. The summed E-state index contributed by atoms with van der Waals surface area (Å²) in [6.45, 7) is 1.74. The van der Waals surface area contributed by atoms with Crippen LogP contribution in [0.4, 0.5) is 0 Å². The van der Waals surface area contributed by atoms with E-state index in [9.17, 15) is 5.11 Å². The van der Waals surface area contributed by atoms with Gasteiger partial charge < -0.3 is 5.11 Å². The van der Waals surface area contributed by atoms with Crippen LogP contribution in [0.1, 0.15) is 25.0 Å². The van der Waals surface area contributed by atoms with Gasteiger partial charge in [0.2, 0.25) is 0 Å². The first-order valence-electron chi connectivity index (χ1n) is 3.67. The average Bonchev–Trinajstić information content (AvgIpc) is 2.15. The normalized spacial score (nSPS) is 11.5. The van der Waals surface area contributed by atoms with Gasteiger partial charge in [-0.15, -0.1) is 11.8 Å². The number of aliphatic hydroxyl groups excluding tert-OH is 1. The summed E-state index contributed by atoms with van der Waals surface area (Å²) < 4.78 is 0. The molecule has 3 heteroatoms. The Kier molecular flexibility index (Phi) is 3.24. The minimum Gasteiger partial charge on any atom is -0.387 e. The van der Waals surface area contributed by atoms with Crippen molar-refractivity contribution in [2.24, 2.45) is 0 Å². The van der Waals surface area contributed by atoms with Crippen molar-refractivity contribution in [3.8, 4) is 11.8 Å². The van der Waals surface area contributed by atoms with E-state index >= 15 is 0 Å². The van der Waals surface area contributed by atoms with E-state index in [0.717, 1.165) is 0 Å². The Morgan fingerprint density at radius 2 is 2.17 bits per heavy atom. The van der Waals surface area contributed by atoms with E-state index in [1.807, 2.05) is 0 Å². The highest BCUT2D eigenvalue weighted by molar-refractivity contribution is 5.10. The van der Waals surface area contributed by atoms with Gasteiger partial charge in [-0.1, -0.05) is 0 Å². The van der Waals surface area contributed by atoms with E-state index in [-0.39, 0.29) is 0 Å².